The molecule has 1 N–H and O–H groups in total. The highest BCUT2D eigenvalue weighted by molar-refractivity contribution is 7.98. The number of aliphatic hydroxyl groups excluding tert-OH is 1. The van der Waals surface area contributed by atoms with Crippen LogP contribution in [0.3, 0.4) is 0 Å². The third-order valence-electron chi connectivity index (χ3n) is 2.96. The number of aliphatic hydroxyl groups is 1. The van der Waals surface area contributed by atoms with Crippen molar-refractivity contribution >= 4 is 11.8 Å². The summed E-state index contributed by atoms with van der Waals surface area (Å²) in [5.74, 6) is -1.48. The molecule has 1 aliphatic rings. The van der Waals surface area contributed by atoms with E-state index in [1.807, 2.05) is 6.07 Å². The van der Waals surface area contributed by atoms with Crippen molar-refractivity contribution in [1.82, 2.24) is 4.98 Å². The fourth-order valence-electron chi connectivity index (χ4n) is 2.04. The first-order valence-corrected chi connectivity index (χ1v) is 6.39. The average Bonchev–Trinajstić information content (AvgIpc) is 2.53. The second-order valence-electron chi connectivity index (χ2n) is 4.01. The van der Waals surface area contributed by atoms with Crippen molar-refractivity contribution in [3.05, 3.63) is 58.9 Å². The van der Waals surface area contributed by atoms with Crippen LogP contribution in [0.25, 0.3) is 0 Å². The van der Waals surface area contributed by atoms with Crippen molar-refractivity contribution in [3.63, 3.8) is 0 Å². The molecule has 18 heavy (non-hydrogen) atoms. The molecule has 1 aliphatic heterocycles. The van der Waals surface area contributed by atoms with Crippen molar-refractivity contribution in [1.29, 1.82) is 0 Å². The minimum Gasteiger partial charge on any atom is -0.382 e. The number of halogens is 2. The van der Waals surface area contributed by atoms with E-state index in [9.17, 15) is 13.9 Å². The average molecular weight is 265 g/mol. The fraction of sp³-hybridized carbons (Fsp3) is 0.154. The van der Waals surface area contributed by atoms with Crippen LogP contribution in [0.1, 0.15) is 22.9 Å². The van der Waals surface area contributed by atoms with Gasteiger partial charge in [-0.3, -0.25) is 4.98 Å². The van der Waals surface area contributed by atoms with E-state index in [2.05, 4.69) is 4.98 Å². The number of rotatable bonds is 0. The molecule has 0 radical (unpaired) electrons. The molecule has 0 aliphatic carbocycles. The van der Waals surface area contributed by atoms with Crippen LogP contribution >= 0.6 is 11.8 Å². The molecule has 1 aromatic heterocycles. The lowest BCUT2D eigenvalue weighted by molar-refractivity contribution is 0.211. The normalized spacial score (nSPS) is 17.8. The lowest BCUT2D eigenvalue weighted by Crippen LogP contribution is -2.06. The zero-order valence-corrected chi connectivity index (χ0v) is 10.0. The van der Waals surface area contributed by atoms with Gasteiger partial charge in [0.1, 0.15) is 6.10 Å². The maximum Gasteiger partial charge on any atom is 0.163 e. The Bertz CT molecular complexity index is 618. The number of fused-ring (bicyclic) bond motifs is 2. The molecule has 1 aromatic carbocycles. The molecular formula is C13H9F2NOS. The van der Waals surface area contributed by atoms with Crippen LogP contribution in [-0.2, 0) is 5.75 Å². The zero-order chi connectivity index (χ0) is 12.7. The molecule has 0 spiro atoms. The van der Waals surface area contributed by atoms with Crippen molar-refractivity contribution < 1.29 is 13.9 Å². The quantitative estimate of drug-likeness (QED) is 0.794. The summed E-state index contributed by atoms with van der Waals surface area (Å²) in [6.45, 7) is 0. The van der Waals surface area contributed by atoms with Gasteiger partial charge in [-0.2, -0.15) is 0 Å². The van der Waals surface area contributed by atoms with Crippen molar-refractivity contribution in [2.75, 3.05) is 0 Å². The van der Waals surface area contributed by atoms with Gasteiger partial charge >= 0.3 is 0 Å². The molecule has 92 valence electrons. The van der Waals surface area contributed by atoms with E-state index in [0.717, 1.165) is 11.0 Å². The lowest BCUT2D eigenvalue weighted by atomic mass is 10.00. The molecule has 2 aromatic rings. The number of hydrogen-bond acceptors (Lipinski definition) is 3. The summed E-state index contributed by atoms with van der Waals surface area (Å²) in [5.41, 5.74) is 1.09. The molecule has 2 heterocycles. The van der Waals surface area contributed by atoms with Gasteiger partial charge in [-0.1, -0.05) is 6.07 Å². The highest BCUT2D eigenvalue weighted by Crippen LogP contribution is 2.39. The molecule has 5 heteroatoms. The van der Waals surface area contributed by atoms with Crippen LogP contribution in [0.4, 0.5) is 8.78 Å². The van der Waals surface area contributed by atoms with Crippen LogP contribution in [0.2, 0.25) is 0 Å². The van der Waals surface area contributed by atoms with Crippen molar-refractivity contribution in [3.8, 4) is 0 Å². The minimum absolute atomic E-state index is 0.213. The van der Waals surface area contributed by atoms with E-state index < -0.39 is 17.7 Å². The summed E-state index contributed by atoms with van der Waals surface area (Å²) in [5, 5.41) is 10.2. The fourth-order valence-corrected chi connectivity index (χ4v) is 3.12. The number of aromatic nitrogens is 1. The molecule has 0 amide bonds. The lowest BCUT2D eigenvalue weighted by Gasteiger charge is -2.13. The van der Waals surface area contributed by atoms with Gasteiger partial charge in [-0.05, 0) is 23.8 Å². The molecule has 1 unspecified atom stereocenters. The van der Waals surface area contributed by atoms with Gasteiger partial charge in [0.15, 0.2) is 11.6 Å². The van der Waals surface area contributed by atoms with Crippen LogP contribution < -0.4 is 0 Å². The third kappa shape index (κ3) is 1.71. The predicted octanol–water partition coefficient (Wildman–Crippen LogP) is 3.05. The van der Waals surface area contributed by atoms with E-state index >= 15 is 0 Å². The Morgan fingerprint density at radius 1 is 1.28 bits per heavy atom. The van der Waals surface area contributed by atoms with Crippen LogP contribution in [-0.4, -0.2) is 10.1 Å². The third-order valence-corrected chi connectivity index (χ3v) is 4.05. The van der Waals surface area contributed by atoms with Gasteiger partial charge in [0, 0.05) is 22.4 Å². The Morgan fingerprint density at radius 3 is 2.94 bits per heavy atom. The smallest absolute Gasteiger partial charge is 0.163 e. The largest absolute Gasteiger partial charge is 0.382 e. The number of pyridine rings is 1. The second-order valence-corrected chi connectivity index (χ2v) is 5.02. The van der Waals surface area contributed by atoms with Crippen LogP contribution in [0.15, 0.2) is 35.4 Å². The number of benzene rings is 1. The van der Waals surface area contributed by atoms with E-state index in [4.69, 9.17) is 0 Å². The Hall–Kier alpha value is -1.46. The summed E-state index contributed by atoms with van der Waals surface area (Å²) in [7, 11) is 0. The Labute approximate surface area is 107 Å². The van der Waals surface area contributed by atoms with Gasteiger partial charge in [-0.25, -0.2) is 8.78 Å². The molecule has 0 bridgehead atoms. The van der Waals surface area contributed by atoms with Gasteiger partial charge in [0.2, 0.25) is 0 Å². The Kier molecular flexibility index (Phi) is 2.80. The standard InChI is InChI=1S/C13H9F2NOS/c14-9-4-3-7-8(11(9)15)6-18-10-2-1-5-16-12(10)13(7)17/h1-5,13,17H,6H2. The summed E-state index contributed by atoms with van der Waals surface area (Å²) < 4.78 is 27.0. The molecule has 0 saturated carbocycles. The first kappa shape index (κ1) is 11.6. The van der Waals surface area contributed by atoms with Gasteiger partial charge < -0.3 is 5.11 Å². The summed E-state index contributed by atoms with van der Waals surface area (Å²) in [6, 6.07) is 6.03. The predicted molar refractivity (Wildman–Crippen MR) is 64.2 cm³/mol. The molecule has 3 rings (SSSR count). The number of nitrogens with zero attached hydrogens (tertiary/aromatic N) is 1. The van der Waals surface area contributed by atoms with Crippen molar-refractivity contribution in [2.24, 2.45) is 0 Å². The van der Waals surface area contributed by atoms with Gasteiger partial charge in [-0.15, -0.1) is 11.8 Å². The first-order valence-electron chi connectivity index (χ1n) is 5.41. The monoisotopic (exact) mass is 265 g/mol. The molecular weight excluding hydrogens is 256 g/mol. The SMILES string of the molecule is OC1c2ccc(F)c(F)c2CSc2cccnc21. The maximum atomic E-state index is 13.7. The number of hydrogen-bond donors (Lipinski definition) is 1. The van der Waals surface area contributed by atoms with E-state index in [0.29, 0.717) is 11.3 Å². The van der Waals surface area contributed by atoms with E-state index in [1.54, 1.807) is 12.3 Å². The maximum absolute atomic E-state index is 13.7. The summed E-state index contributed by atoms with van der Waals surface area (Å²) in [6.07, 6.45) is 0.564. The Balaban J connectivity index is 2.21. The minimum atomic E-state index is -1.01. The molecule has 0 saturated heterocycles. The molecule has 1 atom stereocenters. The number of thioether (sulfide) groups is 1. The van der Waals surface area contributed by atoms with Gasteiger partial charge in [0.05, 0.1) is 5.69 Å². The second kappa shape index (κ2) is 4.33. The highest BCUT2D eigenvalue weighted by atomic mass is 32.2. The van der Waals surface area contributed by atoms with E-state index in [1.165, 1.54) is 17.8 Å². The Morgan fingerprint density at radius 2 is 2.11 bits per heavy atom. The molecule has 0 fully saturated rings. The highest BCUT2D eigenvalue weighted by Gasteiger charge is 2.26. The van der Waals surface area contributed by atoms with Gasteiger partial charge in [0.25, 0.3) is 0 Å². The first-order chi connectivity index (χ1) is 8.68. The summed E-state index contributed by atoms with van der Waals surface area (Å²) in [4.78, 5) is 4.92. The topological polar surface area (TPSA) is 33.1 Å². The van der Waals surface area contributed by atoms with Crippen LogP contribution in [0.5, 0.6) is 0 Å². The molecule has 2 nitrogen and oxygen atoms in total. The zero-order valence-electron chi connectivity index (χ0n) is 9.23. The summed E-state index contributed by atoms with van der Waals surface area (Å²) >= 11 is 1.35. The van der Waals surface area contributed by atoms with Crippen LogP contribution in [0, 0.1) is 11.6 Å². The van der Waals surface area contributed by atoms with E-state index in [-0.39, 0.29) is 11.3 Å². The van der Waals surface area contributed by atoms with Crippen molar-refractivity contribution in [2.45, 2.75) is 16.8 Å².